The number of nitrogens with two attached hydrogens (primary N) is 1. The number of para-hydroxylation sites is 1. The van der Waals surface area contributed by atoms with Crippen molar-refractivity contribution in [2.75, 3.05) is 17.2 Å². The summed E-state index contributed by atoms with van der Waals surface area (Å²) in [5, 5.41) is 1.48. The van der Waals surface area contributed by atoms with Crippen molar-refractivity contribution in [3.8, 4) is 0 Å². The van der Waals surface area contributed by atoms with Crippen molar-refractivity contribution in [2.45, 2.75) is 76.3 Å². The van der Waals surface area contributed by atoms with Crippen LogP contribution in [0.5, 0.6) is 0 Å². The molecule has 0 radical (unpaired) electrons. The first-order chi connectivity index (χ1) is 17.0. The third-order valence-corrected chi connectivity index (χ3v) is 8.09. The molecule has 8 nitrogen and oxygen atoms in total. The zero-order chi connectivity index (χ0) is 24.9. The summed E-state index contributed by atoms with van der Waals surface area (Å²) in [5.41, 5.74) is 6.52. The number of carbonyl (C=O) groups excluding carboxylic acids is 1. The number of nitrogens with zero attached hydrogens (tertiary/aromatic N) is 2. The van der Waals surface area contributed by atoms with Crippen LogP contribution in [0.4, 0.5) is 11.5 Å². The van der Waals surface area contributed by atoms with E-state index in [1.54, 1.807) is 6.92 Å². The van der Waals surface area contributed by atoms with Crippen LogP contribution in [0.15, 0.2) is 38.3 Å². The number of hydrogen-bond acceptors (Lipinski definition) is 6. The number of benzene rings is 1. The molecule has 2 aromatic heterocycles. The summed E-state index contributed by atoms with van der Waals surface area (Å²) in [4.78, 5) is 42.7. The number of nitrogens with one attached hydrogen (secondary N) is 1. The molecule has 1 aromatic carbocycles. The van der Waals surface area contributed by atoms with Crippen molar-refractivity contribution in [2.24, 2.45) is 0 Å². The van der Waals surface area contributed by atoms with E-state index in [2.05, 4.69) is 4.98 Å². The molecule has 0 unspecified atom stereocenters. The van der Waals surface area contributed by atoms with Gasteiger partial charge in [0.1, 0.15) is 11.4 Å². The summed E-state index contributed by atoms with van der Waals surface area (Å²) in [7, 11) is 0. The van der Waals surface area contributed by atoms with Crippen molar-refractivity contribution >= 4 is 40.1 Å². The van der Waals surface area contributed by atoms with Crippen molar-refractivity contribution in [1.29, 1.82) is 0 Å². The Morgan fingerprint density at radius 3 is 2.66 bits per heavy atom. The van der Waals surface area contributed by atoms with Gasteiger partial charge in [-0.15, -0.1) is 0 Å². The molecule has 1 aliphatic carbocycles. The van der Waals surface area contributed by atoms with E-state index in [1.807, 2.05) is 43.0 Å². The minimum Gasteiger partial charge on any atom is -0.451 e. The Balaban J connectivity index is 1.74. The molecule has 0 atom stereocenters. The number of H-pyrrole nitrogens is 1. The van der Waals surface area contributed by atoms with E-state index < -0.39 is 17.2 Å². The molecular weight excluding hydrogens is 464 g/mol. The summed E-state index contributed by atoms with van der Waals surface area (Å²) in [5.74, 6) is 0.446. The number of aromatic nitrogens is 2. The SMILES string of the molecule is CCCCn1c(N)c(N(CC)C(=O)c2oc3ccccc3c2CSC2CCCCC2)c(=O)[nH]c1=O. The lowest BCUT2D eigenvalue weighted by atomic mass is 10.0. The monoisotopic (exact) mass is 498 g/mol. The zero-order valence-corrected chi connectivity index (χ0v) is 21.3. The van der Waals surface area contributed by atoms with Gasteiger partial charge in [-0.05, 0) is 32.3 Å². The van der Waals surface area contributed by atoms with E-state index in [-0.39, 0.29) is 23.8 Å². The molecule has 4 rings (SSSR count). The molecular formula is C26H34N4O4S. The van der Waals surface area contributed by atoms with Gasteiger partial charge in [-0.1, -0.05) is 50.8 Å². The fourth-order valence-electron chi connectivity index (χ4n) is 4.75. The number of nitrogen functional groups attached to an aromatic ring is 1. The number of thioether (sulfide) groups is 1. The highest BCUT2D eigenvalue weighted by atomic mass is 32.2. The third kappa shape index (κ3) is 5.19. The molecule has 35 heavy (non-hydrogen) atoms. The lowest BCUT2D eigenvalue weighted by Gasteiger charge is -2.23. The maximum Gasteiger partial charge on any atom is 0.330 e. The van der Waals surface area contributed by atoms with Crippen LogP contribution >= 0.6 is 11.8 Å². The smallest absolute Gasteiger partial charge is 0.330 e. The first kappa shape index (κ1) is 25.2. The summed E-state index contributed by atoms with van der Waals surface area (Å²) in [6.07, 6.45) is 7.74. The van der Waals surface area contributed by atoms with Gasteiger partial charge in [-0.3, -0.25) is 24.0 Å². The van der Waals surface area contributed by atoms with E-state index >= 15 is 0 Å². The number of unbranched alkanes of at least 4 members (excludes halogenated alkanes) is 1. The van der Waals surface area contributed by atoms with Gasteiger partial charge in [-0.2, -0.15) is 11.8 Å². The molecule has 1 fully saturated rings. The standard InChI is InChI=1S/C26H34N4O4S/c1-3-5-15-30-23(27)21(24(31)28-26(30)33)29(4-2)25(32)22-19(16-35-17-11-7-6-8-12-17)18-13-9-10-14-20(18)34-22/h9-10,13-14,17H,3-8,11-12,15-16,27H2,1-2H3,(H,28,31,33). The minimum atomic E-state index is -0.676. The molecule has 0 aliphatic heterocycles. The van der Waals surface area contributed by atoms with Crippen LogP contribution < -0.4 is 21.9 Å². The second-order valence-corrected chi connectivity index (χ2v) is 10.3. The highest BCUT2D eigenvalue weighted by Gasteiger charge is 2.30. The minimum absolute atomic E-state index is 0.00311. The average molecular weight is 499 g/mol. The molecule has 3 N–H and O–H groups in total. The Morgan fingerprint density at radius 1 is 1.20 bits per heavy atom. The zero-order valence-electron chi connectivity index (χ0n) is 20.5. The van der Waals surface area contributed by atoms with Crippen molar-refractivity contribution in [3.05, 3.63) is 56.4 Å². The van der Waals surface area contributed by atoms with Crippen LogP contribution in [0, 0.1) is 0 Å². The highest BCUT2D eigenvalue weighted by molar-refractivity contribution is 7.99. The van der Waals surface area contributed by atoms with Crippen LogP contribution in [0.1, 0.15) is 74.9 Å². The lowest BCUT2D eigenvalue weighted by Crippen LogP contribution is -2.41. The van der Waals surface area contributed by atoms with Crippen LogP contribution in [0.25, 0.3) is 11.0 Å². The van der Waals surface area contributed by atoms with E-state index in [0.29, 0.717) is 23.1 Å². The Morgan fingerprint density at radius 2 is 1.94 bits per heavy atom. The summed E-state index contributed by atoms with van der Waals surface area (Å²) < 4.78 is 7.41. The van der Waals surface area contributed by atoms with Gasteiger partial charge in [0.05, 0.1) is 0 Å². The fourth-order valence-corrected chi connectivity index (χ4v) is 6.11. The first-order valence-corrected chi connectivity index (χ1v) is 13.6. The molecule has 1 saturated carbocycles. The number of anilines is 2. The molecule has 0 saturated heterocycles. The quantitative estimate of drug-likeness (QED) is 0.434. The number of aromatic amines is 1. The Kier molecular flexibility index (Phi) is 8.05. The van der Waals surface area contributed by atoms with Gasteiger partial charge >= 0.3 is 5.69 Å². The average Bonchev–Trinajstić information content (AvgIpc) is 3.24. The third-order valence-electron chi connectivity index (χ3n) is 6.69. The highest BCUT2D eigenvalue weighted by Crippen LogP contribution is 2.36. The molecule has 9 heteroatoms. The van der Waals surface area contributed by atoms with Gasteiger partial charge in [0.2, 0.25) is 0 Å². The molecule has 2 heterocycles. The van der Waals surface area contributed by atoms with Crippen LogP contribution in [-0.4, -0.2) is 27.3 Å². The number of carbonyl (C=O) groups is 1. The number of rotatable bonds is 9. The summed E-state index contributed by atoms with van der Waals surface area (Å²) >= 11 is 1.87. The topological polar surface area (TPSA) is 114 Å². The fraction of sp³-hybridized carbons (Fsp3) is 0.500. The van der Waals surface area contributed by atoms with E-state index in [0.717, 1.165) is 23.8 Å². The Labute approximate surface area is 208 Å². The second kappa shape index (κ2) is 11.2. The second-order valence-electron chi connectivity index (χ2n) is 9.02. The largest absolute Gasteiger partial charge is 0.451 e. The Hall–Kier alpha value is -2.94. The maximum absolute atomic E-state index is 13.9. The molecule has 0 bridgehead atoms. The number of hydrogen-bond donors (Lipinski definition) is 2. The molecule has 0 spiro atoms. The number of fused-ring (bicyclic) bond motifs is 1. The predicted molar refractivity (Wildman–Crippen MR) is 142 cm³/mol. The van der Waals surface area contributed by atoms with Crippen LogP contribution in [0.2, 0.25) is 0 Å². The van der Waals surface area contributed by atoms with Gasteiger partial charge < -0.3 is 10.2 Å². The lowest BCUT2D eigenvalue weighted by molar-refractivity contribution is 0.0962. The van der Waals surface area contributed by atoms with Crippen molar-refractivity contribution < 1.29 is 9.21 Å². The molecule has 1 aliphatic rings. The normalized spacial score (nSPS) is 14.5. The summed E-state index contributed by atoms with van der Waals surface area (Å²) in [6, 6.07) is 7.63. The van der Waals surface area contributed by atoms with Gasteiger partial charge in [0, 0.05) is 35.0 Å². The molecule has 3 aromatic rings. The van der Waals surface area contributed by atoms with Crippen LogP contribution in [-0.2, 0) is 12.3 Å². The molecule has 188 valence electrons. The predicted octanol–water partition coefficient (Wildman–Crippen LogP) is 4.90. The van der Waals surface area contributed by atoms with E-state index in [9.17, 15) is 14.4 Å². The van der Waals surface area contributed by atoms with E-state index in [1.165, 1.54) is 41.6 Å². The maximum atomic E-state index is 13.9. The van der Waals surface area contributed by atoms with Crippen LogP contribution in [0.3, 0.4) is 0 Å². The Bertz CT molecular complexity index is 1300. The first-order valence-electron chi connectivity index (χ1n) is 12.5. The number of amides is 1. The van der Waals surface area contributed by atoms with Gasteiger partial charge in [-0.25, -0.2) is 4.79 Å². The summed E-state index contributed by atoms with van der Waals surface area (Å²) in [6.45, 7) is 4.34. The number of furan rings is 1. The van der Waals surface area contributed by atoms with Crippen molar-refractivity contribution in [3.63, 3.8) is 0 Å². The van der Waals surface area contributed by atoms with Crippen molar-refractivity contribution in [1.82, 2.24) is 9.55 Å². The molecule has 1 amide bonds. The van der Waals surface area contributed by atoms with Gasteiger partial charge in [0.15, 0.2) is 11.4 Å². The van der Waals surface area contributed by atoms with Gasteiger partial charge in [0.25, 0.3) is 11.5 Å². The van der Waals surface area contributed by atoms with E-state index in [4.69, 9.17) is 10.2 Å².